The van der Waals surface area contributed by atoms with Crippen LogP contribution >= 0.6 is 0 Å². The van der Waals surface area contributed by atoms with Crippen molar-refractivity contribution in [1.29, 1.82) is 0 Å². The van der Waals surface area contributed by atoms with Crippen LogP contribution in [0, 0.1) is 0 Å². The molecule has 0 saturated carbocycles. The van der Waals surface area contributed by atoms with Gasteiger partial charge in [0.05, 0.1) is 6.10 Å². The van der Waals surface area contributed by atoms with Crippen molar-refractivity contribution in [1.82, 2.24) is 15.0 Å². The molecule has 0 amide bonds. The maximum Gasteiger partial charge on any atom is 0.323 e. The van der Waals surface area contributed by atoms with Gasteiger partial charge in [-0.25, -0.2) is 5.84 Å². The maximum absolute atomic E-state index is 5.52. The molecule has 0 aliphatic carbocycles. The van der Waals surface area contributed by atoms with Crippen LogP contribution in [-0.2, 0) is 0 Å². The van der Waals surface area contributed by atoms with E-state index in [0.717, 1.165) is 19.3 Å². The highest BCUT2D eigenvalue weighted by atomic mass is 16.5. The summed E-state index contributed by atoms with van der Waals surface area (Å²) in [7, 11) is 0. The van der Waals surface area contributed by atoms with Crippen LogP contribution in [0.4, 0.5) is 11.9 Å². The van der Waals surface area contributed by atoms with Gasteiger partial charge >= 0.3 is 6.01 Å². The molecule has 1 atom stereocenters. The average Bonchev–Trinajstić information content (AvgIpc) is 2.44. The molecule has 0 aliphatic rings. The lowest BCUT2D eigenvalue weighted by Crippen LogP contribution is -2.22. The summed E-state index contributed by atoms with van der Waals surface area (Å²) in [4.78, 5) is 12.6. The van der Waals surface area contributed by atoms with Crippen LogP contribution < -0.4 is 21.3 Å². The summed E-state index contributed by atoms with van der Waals surface area (Å²) in [5.41, 5.74) is 2.45. The van der Waals surface area contributed by atoms with Gasteiger partial charge in [0.2, 0.25) is 11.9 Å². The first kappa shape index (κ1) is 17.4. The van der Waals surface area contributed by atoms with Crippen molar-refractivity contribution >= 4 is 11.9 Å². The Labute approximate surface area is 127 Å². The topological polar surface area (TPSA) is 98.0 Å². The van der Waals surface area contributed by atoms with Crippen molar-refractivity contribution in [2.75, 3.05) is 10.7 Å². The Morgan fingerprint density at radius 3 is 2.33 bits per heavy atom. The average molecular weight is 296 g/mol. The van der Waals surface area contributed by atoms with Gasteiger partial charge in [0, 0.05) is 6.04 Å². The molecule has 0 spiro atoms. The summed E-state index contributed by atoms with van der Waals surface area (Å²) in [5.74, 6) is 6.20. The van der Waals surface area contributed by atoms with Crippen molar-refractivity contribution in [2.45, 2.75) is 71.9 Å². The van der Waals surface area contributed by atoms with Gasteiger partial charge in [-0.05, 0) is 26.7 Å². The van der Waals surface area contributed by atoms with E-state index in [1.54, 1.807) is 0 Å². The highest BCUT2D eigenvalue weighted by Crippen LogP contribution is 2.16. The largest absolute Gasteiger partial charge is 0.461 e. The van der Waals surface area contributed by atoms with Crippen LogP contribution in [-0.4, -0.2) is 27.1 Å². The Balaban J connectivity index is 2.82. The fourth-order valence-corrected chi connectivity index (χ4v) is 2.02. The van der Waals surface area contributed by atoms with Gasteiger partial charge in [-0.2, -0.15) is 15.0 Å². The van der Waals surface area contributed by atoms with E-state index in [0.29, 0.717) is 17.9 Å². The zero-order chi connectivity index (χ0) is 15.7. The van der Waals surface area contributed by atoms with E-state index in [4.69, 9.17) is 10.6 Å². The minimum atomic E-state index is -0.00240. The Morgan fingerprint density at radius 2 is 1.76 bits per heavy atom. The molecule has 120 valence electrons. The lowest BCUT2D eigenvalue weighted by molar-refractivity contribution is 0.222. The van der Waals surface area contributed by atoms with Crippen LogP contribution in [0.15, 0.2) is 0 Å². The first-order valence-electron chi connectivity index (χ1n) is 7.74. The molecule has 1 rings (SSSR count). The third-order valence-electron chi connectivity index (χ3n) is 2.96. The smallest absolute Gasteiger partial charge is 0.323 e. The zero-order valence-electron chi connectivity index (χ0n) is 13.5. The Bertz CT molecular complexity index is 412. The van der Waals surface area contributed by atoms with E-state index in [-0.39, 0.29) is 12.1 Å². The van der Waals surface area contributed by atoms with Gasteiger partial charge in [0.1, 0.15) is 0 Å². The van der Waals surface area contributed by atoms with Crippen molar-refractivity contribution in [3.05, 3.63) is 0 Å². The lowest BCUT2D eigenvalue weighted by Gasteiger charge is -2.18. The number of hydrogen-bond donors (Lipinski definition) is 3. The fraction of sp³-hybridized carbons (Fsp3) is 0.786. The third-order valence-corrected chi connectivity index (χ3v) is 2.96. The molecular formula is C14H28N6O. The molecule has 1 heterocycles. The molecule has 0 saturated heterocycles. The molecule has 1 aromatic heterocycles. The summed E-state index contributed by atoms with van der Waals surface area (Å²) in [5, 5.41) is 3.37. The number of nitrogens with one attached hydrogen (secondary N) is 2. The first-order valence-corrected chi connectivity index (χ1v) is 7.74. The number of aromatic nitrogens is 3. The second-order valence-electron chi connectivity index (χ2n) is 5.35. The van der Waals surface area contributed by atoms with E-state index < -0.39 is 0 Å². The Hall–Kier alpha value is -1.63. The lowest BCUT2D eigenvalue weighted by atomic mass is 10.1. The monoisotopic (exact) mass is 296 g/mol. The minimum Gasteiger partial charge on any atom is -0.461 e. The van der Waals surface area contributed by atoms with Crippen molar-refractivity contribution in [3.8, 4) is 6.01 Å². The number of nitrogen functional groups attached to an aromatic ring is 1. The maximum atomic E-state index is 5.52. The van der Waals surface area contributed by atoms with Crippen LogP contribution in [0.2, 0.25) is 0 Å². The molecule has 0 aliphatic heterocycles. The van der Waals surface area contributed by atoms with E-state index >= 15 is 0 Å². The summed E-state index contributed by atoms with van der Waals surface area (Å²) in [6, 6.07) is 0.635. The molecule has 7 heteroatoms. The van der Waals surface area contributed by atoms with E-state index in [1.807, 2.05) is 13.8 Å². The quantitative estimate of drug-likeness (QED) is 0.451. The zero-order valence-corrected chi connectivity index (χ0v) is 13.5. The molecule has 4 N–H and O–H groups in total. The SMILES string of the molecule is CCCCC(CCC)Nc1nc(NN)nc(OC(C)C)n1. The summed E-state index contributed by atoms with van der Waals surface area (Å²) >= 11 is 0. The van der Waals surface area contributed by atoms with Gasteiger partial charge in [-0.15, -0.1) is 0 Å². The number of nitrogens with two attached hydrogens (primary N) is 1. The molecule has 0 fully saturated rings. The minimum absolute atomic E-state index is 0.00240. The van der Waals surface area contributed by atoms with Crippen LogP contribution in [0.5, 0.6) is 6.01 Å². The molecule has 1 aromatic rings. The number of nitrogens with zero attached hydrogens (tertiary/aromatic N) is 3. The summed E-state index contributed by atoms with van der Waals surface area (Å²) in [6.07, 6.45) is 5.65. The van der Waals surface area contributed by atoms with Gasteiger partial charge in [0.15, 0.2) is 0 Å². The van der Waals surface area contributed by atoms with Crippen LogP contribution in [0.25, 0.3) is 0 Å². The van der Waals surface area contributed by atoms with Crippen molar-refractivity contribution < 1.29 is 4.74 Å². The van der Waals surface area contributed by atoms with E-state index in [1.165, 1.54) is 12.8 Å². The molecule has 1 unspecified atom stereocenters. The highest BCUT2D eigenvalue weighted by molar-refractivity contribution is 5.35. The second kappa shape index (κ2) is 9.33. The number of hydrogen-bond acceptors (Lipinski definition) is 7. The van der Waals surface area contributed by atoms with Crippen LogP contribution in [0.1, 0.15) is 59.8 Å². The molecule has 0 aromatic carbocycles. The molecule has 0 radical (unpaired) electrons. The van der Waals surface area contributed by atoms with Gasteiger partial charge in [-0.3, -0.25) is 5.43 Å². The number of unbranched alkanes of at least 4 members (excludes halogenated alkanes) is 1. The number of hydrazine groups is 1. The van der Waals surface area contributed by atoms with E-state index in [2.05, 4.69) is 39.5 Å². The van der Waals surface area contributed by atoms with Crippen molar-refractivity contribution in [2.24, 2.45) is 5.84 Å². The summed E-state index contributed by atoms with van der Waals surface area (Å²) < 4.78 is 5.52. The molecular weight excluding hydrogens is 268 g/mol. The number of rotatable bonds is 10. The highest BCUT2D eigenvalue weighted by Gasteiger charge is 2.12. The Morgan fingerprint density at radius 1 is 1.05 bits per heavy atom. The van der Waals surface area contributed by atoms with Gasteiger partial charge < -0.3 is 10.1 Å². The molecule has 0 bridgehead atoms. The first-order chi connectivity index (χ1) is 10.1. The molecule has 7 nitrogen and oxygen atoms in total. The summed E-state index contributed by atoms with van der Waals surface area (Å²) in [6.45, 7) is 8.21. The van der Waals surface area contributed by atoms with Gasteiger partial charge in [0.25, 0.3) is 0 Å². The number of ether oxygens (including phenoxy) is 1. The normalized spacial score (nSPS) is 12.3. The second-order valence-corrected chi connectivity index (χ2v) is 5.35. The van der Waals surface area contributed by atoms with Crippen LogP contribution in [0.3, 0.4) is 0 Å². The third kappa shape index (κ3) is 6.57. The molecule has 21 heavy (non-hydrogen) atoms. The Kier molecular flexibility index (Phi) is 7.74. The van der Waals surface area contributed by atoms with E-state index in [9.17, 15) is 0 Å². The van der Waals surface area contributed by atoms with Crippen molar-refractivity contribution in [3.63, 3.8) is 0 Å². The predicted molar refractivity (Wildman–Crippen MR) is 85.2 cm³/mol. The predicted octanol–water partition coefficient (Wildman–Crippen LogP) is 2.72. The van der Waals surface area contributed by atoms with Gasteiger partial charge in [-0.1, -0.05) is 33.1 Å². The fourth-order valence-electron chi connectivity index (χ4n) is 2.02. The standard InChI is InChI=1S/C14H28N6O/c1-5-7-9-11(8-6-2)16-12-17-13(20-15)19-14(18-12)21-10(3)4/h10-11H,5-9,15H2,1-4H3,(H2,16,17,18,19,20). The number of anilines is 2.